The molecule has 0 spiro atoms. The van der Waals surface area contributed by atoms with E-state index in [4.69, 9.17) is 13.9 Å². The third-order valence-corrected chi connectivity index (χ3v) is 1.55. The first kappa shape index (κ1) is 10.4. The number of ether oxygens (including phenoxy) is 2. The lowest BCUT2D eigenvalue weighted by atomic mass is 10.3. The van der Waals surface area contributed by atoms with E-state index in [1.54, 1.807) is 12.1 Å². The van der Waals surface area contributed by atoms with Crippen LogP contribution in [0, 0.1) is 0 Å². The van der Waals surface area contributed by atoms with E-state index in [-0.39, 0.29) is 0 Å². The van der Waals surface area contributed by atoms with Crippen LogP contribution in [0.2, 0.25) is 0 Å². The van der Waals surface area contributed by atoms with Gasteiger partial charge < -0.3 is 13.9 Å². The Labute approximate surface area is 83.6 Å². The third kappa shape index (κ3) is 3.39. The molecule has 1 rings (SSSR count). The van der Waals surface area contributed by atoms with E-state index in [9.17, 15) is 0 Å². The fourth-order valence-corrected chi connectivity index (χ4v) is 0.961. The highest BCUT2D eigenvalue weighted by Crippen LogP contribution is 2.16. The molecule has 0 bridgehead atoms. The van der Waals surface area contributed by atoms with Crippen molar-refractivity contribution in [2.75, 3.05) is 13.2 Å². The van der Waals surface area contributed by atoms with Gasteiger partial charge in [0, 0.05) is 12.5 Å². The summed E-state index contributed by atoms with van der Waals surface area (Å²) >= 11 is 0. The molecule has 0 aliphatic carbocycles. The lowest BCUT2D eigenvalue weighted by Crippen LogP contribution is -2.02. The monoisotopic (exact) mass is 194 g/mol. The van der Waals surface area contributed by atoms with Gasteiger partial charge in [0.1, 0.15) is 19.0 Å². The molecule has 0 amide bonds. The van der Waals surface area contributed by atoms with Crippen LogP contribution in [-0.4, -0.2) is 13.2 Å². The van der Waals surface area contributed by atoms with Crippen LogP contribution in [0.25, 0.3) is 0 Å². The molecule has 3 nitrogen and oxygen atoms in total. The highest BCUT2D eigenvalue weighted by molar-refractivity contribution is 5.13. The Morgan fingerprint density at radius 2 is 2.14 bits per heavy atom. The second-order valence-electron chi connectivity index (χ2n) is 2.60. The highest BCUT2D eigenvalue weighted by atomic mass is 16.6. The Bertz CT molecular complexity index is 288. The molecule has 0 unspecified atom stereocenters. The van der Waals surface area contributed by atoms with Gasteiger partial charge in [-0.3, -0.25) is 0 Å². The molecule has 0 fully saturated rings. The first-order valence-electron chi connectivity index (χ1n) is 4.41. The summed E-state index contributed by atoms with van der Waals surface area (Å²) in [4.78, 5) is 0. The summed E-state index contributed by atoms with van der Waals surface area (Å²) in [7, 11) is 0. The largest absolute Gasteiger partial charge is 0.498 e. The van der Waals surface area contributed by atoms with Gasteiger partial charge >= 0.3 is 0 Å². The van der Waals surface area contributed by atoms with E-state index in [0.29, 0.717) is 25.6 Å². The zero-order valence-electron chi connectivity index (χ0n) is 8.07. The SMILES string of the molecule is C=CCc1ccc(OCCOC=C)o1. The third-order valence-electron chi connectivity index (χ3n) is 1.55. The molecule has 0 aromatic carbocycles. The fourth-order valence-electron chi connectivity index (χ4n) is 0.961. The predicted molar refractivity (Wildman–Crippen MR) is 54.3 cm³/mol. The molecule has 0 atom stereocenters. The average molecular weight is 194 g/mol. The summed E-state index contributed by atoms with van der Waals surface area (Å²) < 4.78 is 15.5. The summed E-state index contributed by atoms with van der Waals surface area (Å²) in [6.45, 7) is 7.97. The molecular formula is C11H14O3. The Kier molecular flexibility index (Phi) is 4.41. The van der Waals surface area contributed by atoms with Crippen molar-refractivity contribution in [3.63, 3.8) is 0 Å². The van der Waals surface area contributed by atoms with E-state index >= 15 is 0 Å². The lowest BCUT2D eigenvalue weighted by molar-refractivity contribution is 0.155. The molecule has 0 aliphatic rings. The van der Waals surface area contributed by atoms with Gasteiger partial charge in [-0.1, -0.05) is 12.7 Å². The van der Waals surface area contributed by atoms with Gasteiger partial charge in [0.25, 0.3) is 5.95 Å². The summed E-state index contributed by atoms with van der Waals surface area (Å²) in [5.74, 6) is 1.36. The molecule has 0 saturated heterocycles. The number of rotatable bonds is 7. The normalized spacial score (nSPS) is 9.43. The van der Waals surface area contributed by atoms with Crippen molar-refractivity contribution in [3.8, 4) is 5.95 Å². The van der Waals surface area contributed by atoms with Crippen molar-refractivity contribution in [1.29, 1.82) is 0 Å². The fraction of sp³-hybridized carbons (Fsp3) is 0.273. The van der Waals surface area contributed by atoms with Gasteiger partial charge in [-0.2, -0.15) is 0 Å². The quantitative estimate of drug-likeness (QED) is 0.380. The van der Waals surface area contributed by atoms with Crippen molar-refractivity contribution in [3.05, 3.63) is 43.4 Å². The molecule has 0 radical (unpaired) electrons. The predicted octanol–water partition coefficient (Wildman–Crippen LogP) is 2.55. The Morgan fingerprint density at radius 1 is 1.29 bits per heavy atom. The summed E-state index contributed by atoms with van der Waals surface area (Å²) in [5, 5.41) is 0. The van der Waals surface area contributed by atoms with Crippen LogP contribution >= 0.6 is 0 Å². The van der Waals surface area contributed by atoms with E-state index in [0.717, 1.165) is 5.76 Å². The van der Waals surface area contributed by atoms with E-state index < -0.39 is 0 Å². The summed E-state index contributed by atoms with van der Waals surface area (Å²) in [5.41, 5.74) is 0. The molecule has 1 aromatic rings. The van der Waals surface area contributed by atoms with Crippen LogP contribution in [0.1, 0.15) is 5.76 Å². The van der Waals surface area contributed by atoms with Gasteiger partial charge in [-0.05, 0) is 6.07 Å². The lowest BCUT2D eigenvalue weighted by Gasteiger charge is -2.01. The van der Waals surface area contributed by atoms with E-state index in [1.165, 1.54) is 6.26 Å². The minimum atomic E-state index is 0.451. The molecule has 1 aromatic heterocycles. The molecular weight excluding hydrogens is 180 g/mol. The zero-order valence-corrected chi connectivity index (χ0v) is 8.07. The Balaban J connectivity index is 2.28. The van der Waals surface area contributed by atoms with Crippen LogP contribution in [0.5, 0.6) is 5.95 Å². The second-order valence-corrected chi connectivity index (χ2v) is 2.60. The van der Waals surface area contributed by atoms with Crippen LogP contribution in [0.4, 0.5) is 0 Å². The Hall–Kier alpha value is -1.64. The number of allylic oxidation sites excluding steroid dienone is 1. The van der Waals surface area contributed by atoms with Crippen molar-refractivity contribution < 1.29 is 13.9 Å². The van der Waals surface area contributed by atoms with Crippen LogP contribution in [-0.2, 0) is 11.2 Å². The smallest absolute Gasteiger partial charge is 0.284 e. The van der Waals surface area contributed by atoms with Crippen LogP contribution < -0.4 is 4.74 Å². The number of hydrogen-bond acceptors (Lipinski definition) is 3. The highest BCUT2D eigenvalue weighted by Gasteiger charge is 2.00. The van der Waals surface area contributed by atoms with Crippen molar-refractivity contribution in [2.45, 2.75) is 6.42 Å². The number of furan rings is 1. The first-order valence-corrected chi connectivity index (χ1v) is 4.41. The van der Waals surface area contributed by atoms with E-state index in [1.807, 2.05) is 6.07 Å². The zero-order chi connectivity index (χ0) is 10.2. The molecule has 3 heteroatoms. The van der Waals surface area contributed by atoms with Crippen molar-refractivity contribution >= 4 is 0 Å². The van der Waals surface area contributed by atoms with Crippen molar-refractivity contribution in [1.82, 2.24) is 0 Å². The van der Waals surface area contributed by atoms with E-state index in [2.05, 4.69) is 13.2 Å². The van der Waals surface area contributed by atoms with Gasteiger partial charge in [0.2, 0.25) is 0 Å². The molecule has 0 saturated carbocycles. The van der Waals surface area contributed by atoms with Gasteiger partial charge in [0.15, 0.2) is 0 Å². The van der Waals surface area contributed by atoms with Gasteiger partial charge in [0.05, 0.1) is 6.26 Å². The topological polar surface area (TPSA) is 31.6 Å². The molecule has 0 N–H and O–H groups in total. The summed E-state index contributed by atoms with van der Waals surface area (Å²) in [6, 6.07) is 3.65. The molecule has 1 heterocycles. The molecule has 0 aliphatic heterocycles. The number of hydrogen-bond donors (Lipinski definition) is 0. The van der Waals surface area contributed by atoms with Crippen LogP contribution in [0.15, 0.2) is 42.0 Å². The maximum absolute atomic E-state index is 5.33. The van der Waals surface area contributed by atoms with Crippen LogP contribution in [0.3, 0.4) is 0 Å². The van der Waals surface area contributed by atoms with Gasteiger partial charge in [-0.25, -0.2) is 0 Å². The first-order chi connectivity index (χ1) is 6.86. The standard InChI is InChI=1S/C11H14O3/c1-3-5-10-6-7-11(14-10)13-9-8-12-4-2/h3-4,6-7H,1-2,5,8-9H2. The summed E-state index contributed by atoms with van der Waals surface area (Å²) in [6.07, 6.45) is 3.88. The van der Waals surface area contributed by atoms with Crippen molar-refractivity contribution in [2.24, 2.45) is 0 Å². The maximum atomic E-state index is 5.33. The molecule has 76 valence electrons. The van der Waals surface area contributed by atoms with Gasteiger partial charge in [-0.15, -0.1) is 6.58 Å². The Morgan fingerprint density at radius 3 is 2.86 bits per heavy atom. The molecule has 14 heavy (non-hydrogen) atoms. The minimum absolute atomic E-state index is 0.451. The average Bonchev–Trinajstić information content (AvgIpc) is 2.61. The minimum Gasteiger partial charge on any atom is -0.498 e. The maximum Gasteiger partial charge on any atom is 0.284 e. The second kappa shape index (κ2) is 5.91.